The standard InChI is InChI=1S/C40H60N2O4S/c1-36(2)30(28-9-11-29(12-10-28)35(43)46-6)15-18-37(3)33(36)16-19-39(5)34(37)14-13-31-32-8-7-17-40(32,21-20-38(31,39)4)41-22-23-42-24-26-47(44,45)27-25-42/h9-12,15,31-34,41H,7-8,13-14,16-27H2,1-6H3/t31-,32?,33?,34?,37+,38-,39-,40+/m1/s1. The van der Waals surface area contributed by atoms with Crippen molar-refractivity contribution in [3.63, 3.8) is 0 Å². The highest BCUT2D eigenvalue weighted by molar-refractivity contribution is 7.91. The van der Waals surface area contributed by atoms with E-state index in [2.05, 4.69) is 63.0 Å². The fraction of sp³-hybridized carbons (Fsp3) is 0.775. The minimum absolute atomic E-state index is 0.0640. The second-order valence-electron chi connectivity index (χ2n) is 17.9. The Hall–Kier alpha value is -1.70. The van der Waals surface area contributed by atoms with E-state index in [1.54, 1.807) is 0 Å². The summed E-state index contributed by atoms with van der Waals surface area (Å²) in [4.78, 5) is 14.4. The number of allylic oxidation sites excluding steroid dienone is 2. The number of nitrogens with zero attached hydrogens (tertiary/aromatic N) is 1. The van der Waals surface area contributed by atoms with Crippen LogP contribution in [0.3, 0.4) is 0 Å². The first-order valence-electron chi connectivity index (χ1n) is 18.8. The van der Waals surface area contributed by atoms with E-state index >= 15 is 0 Å². The number of fused-ring (bicyclic) bond motifs is 7. The largest absolute Gasteiger partial charge is 0.465 e. The first-order chi connectivity index (χ1) is 22.2. The number of carbonyl (C=O) groups is 1. The molecule has 6 aliphatic rings. The minimum Gasteiger partial charge on any atom is -0.465 e. The Bertz CT molecular complexity index is 1500. The fourth-order valence-corrected chi connectivity index (χ4v) is 14.6. The number of nitrogens with one attached hydrogen (secondary N) is 1. The van der Waals surface area contributed by atoms with Gasteiger partial charge >= 0.3 is 5.97 Å². The summed E-state index contributed by atoms with van der Waals surface area (Å²) in [6.45, 7) is 16.4. The molecule has 0 bridgehead atoms. The molecule has 5 aliphatic carbocycles. The third kappa shape index (κ3) is 5.21. The summed E-state index contributed by atoms with van der Waals surface area (Å²) >= 11 is 0. The molecule has 4 saturated carbocycles. The van der Waals surface area contributed by atoms with Crippen LogP contribution < -0.4 is 5.32 Å². The van der Waals surface area contributed by atoms with Gasteiger partial charge in [0.25, 0.3) is 0 Å². The highest BCUT2D eigenvalue weighted by atomic mass is 32.2. The first-order valence-corrected chi connectivity index (χ1v) is 20.6. The van der Waals surface area contributed by atoms with E-state index in [0.717, 1.165) is 37.3 Å². The molecular weight excluding hydrogens is 605 g/mol. The van der Waals surface area contributed by atoms with Crippen LogP contribution in [-0.2, 0) is 14.6 Å². The van der Waals surface area contributed by atoms with E-state index in [-0.39, 0.29) is 22.3 Å². The molecule has 0 radical (unpaired) electrons. The lowest BCUT2D eigenvalue weighted by Crippen LogP contribution is -2.67. The average molecular weight is 665 g/mol. The van der Waals surface area contributed by atoms with Crippen LogP contribution in [0.25, 0.3) is 5.57 Å². The summed E-state index contributed by atoms with van der Waals surface area (Å²) in [6, 6.07) is 8.10. The van der Waals surface area contributed by atoms with Crippen LogP contribution in [0.1, 0.15) is 115 Å². The molecule has 0 spiro atoms. The van der Waals surface area contributed by atoms with Gasteiger partial charge in [0, 0.05) is 31.7 Å². The van der Waals surface area contributed by atoms with Gasteiger partial charge in [-0.3, -0.25) is 0 Å². The number of benzene rings is 1. The van der Waals surface area contributed by atoms with Gasteiger partial charge in [0.2, 0.25) is 0 Å². The lowest BCUT2D eigenvalue weighted by Gasteiger charge is -2.72. The Balaban J connectivity index is 1.10. The summed E-state index contributed by atoms with van der Waals surface area (Å²) in [5.74, 6) is 3.26. The number of sulfone groups is 1. The van der Waals surface area contributed by atoms with Crippen molar-refractivity contribution < 1.29 is 17.9 Å². The lowest BCUT2D eigenvalue weighted by atomic mass is 9.33. The zero-order chi connectivity index (χ0) is 33.5. The van der Waals surface area contributed by atoms with Gasteiger partial charge in [-0.2, -0.15) is 0 Å². The van der Waals surface area contributed by atoms with Gasteiger partial charge in [-0.25, -0.2) is 13.2 Å². The maximum atomic E-state index is 12.1. The molecule has 260 valence electrons. The molecule has 7 heteroatoms. The molecule has 1 N–H and O–H groups in total. The smallest absolute Gasteiger partial charge is 0.337 e. The SMILES string of the molecule is COC(=O)c1ccc(C2=CC[C@@]3(C)C(CC[C@]4(C)C3CC[C@@H]3C5CCC[C@]5(NCCN5CCS(=O)(=O)CC5)CC[C@]34C)C2(C)C)cc1. The van der Waals surface area contributed by atoms with Crippen molar-refractivity contribution in [3.8, 4) is 0 Å². The number of hydrogen-bond acceptors (Lipinski definition) is 6. The summed E-state index contributed by atoms with van der Waals surface area (Å²) in [6.07, 6.45) is 15.7. The van der Waals surface area contributed by atoms with E-state index in [1.807, 2.05) is 12.1 Å². The predicted molar refractivity (Wildman–Crippen MR) is 190 cm³/mol. The van der Waals surface area contributed by atoms with E-state index in [4.69, 9.17) is 4.74 Å². The number of esters is 1. The molecule has 7 rings (SSSR count). The molecule has 5 fully saturated rings. The molecule has 0 amide bonds. The molecule has 1 aromatic rings. The number of ether oxygens (including phenoxy) is 1. The maximum absolute atomic E-state index is 12.1. The molecule has 1 aromatic carbocycles. The Morgan fingerprint density at radius 2 is 1.60 bits per heavy atom. The Labute approximate surface area is 284 Å². The second kappa shape index (κ2) is 11.7. The van der Waals surface area contributed by atoms with Crippen LogP contribution in [-0.4, -0.2) is 69.6 Å². The second-order valence-corrected chi connectivity index (χ2v) is 20.2. The topological polar surface area (TPSA) is 75.7 Å². The molecule has 47 heavy (non-hydrogen) atoms. The highest BCUT2D eigenvalue weighted by Crippen LogP contribution is 2.76. The quantitative estimate of drug-likeness (QED) is 0.320. The summed E-state index contributed by atoms with van der Waals surface area (Å²) < 4.78 is 28.8. The van der Waals surface area contributed by atoms with Gasteiger partial charge in [0.15, 0.2) is 9.84 Å². The molecule has 1 saturated heterocycles. The first kappa shape index (κ1) is 33.8. The molecule has 6 nitrogen and oxygen atoms in total. The van der Waals surface area contributed by atoms with Crippen molar-refractivity contribution in [2.45, 2.75) is 104 Å². The lowest BCUT2D eigenvalue weighted by molar-refractivity contribution is -0.217. The normalized spacial score (nSPS) is 42.3. The Morgan fingerprint density at radius 3 is 2.30 bits per heavy atom. The third-order valence-corrected chi connectivity index (χ3v) is 17.5. The molecule has 3 unspecified atom stereocenters. The monoisotopic (exact) mass is 664 g/mol. The molecule has 1 aliphatic heterocycles. The minimum atomic E-state index is -2.83. The summed E-state index contributed by atoms with van der Waals surface area (Å²) in [5, 5.41) is 4.17. The van der Waals surface area contributed by atoms with E-state index in [1.165, 1.54) is 76.0 Å². The molecule has 8 atom stereocenters. The van der Waals surface area contributed by atoms with Gasteiger partial charge in [-0.1, -0.05) is 59.2 Å². The Kier molecular flexibility index (Phi) is 8.40. The van der Waals surface area contributed by atoms with Gasteiger partial charge in [-0.05, 0) is 126 Å². The van der Waals surface area contributed by atoms with Gasteiger partial charge in [0.05, 0.1) is 24.2 Å². The van der Waals surface area contributed by atoms with Crippen molar-refractivity contribution in [1.29, 1.82) is 0 Å². The van der Waals surface area contributed by atoms with Crippen LogP contribution in [0.5, 0.6) is 0 Å². The van der Waals surface area contributed by atoms with Crippen LogP contribution in [0.15, 0.2) is 30.3 Å². The maximum Gasteiger partial charge on any atom is 0.337 e. The van der Waals surface area contributed by atoms with Crippen molar-refractivity contribution >= 4 is 21.4 Å². The Morgan fingerprint density at radius 1 is 0.872 bits per heavy atom. The van der Waals surface area contributed by atoms with Crippen molar-refractivity contribution in [3.05, 3.63) is 41.5 Å². The third-order valence-electron chi connectivity index (χ3n) is 15.9. The summed E-state index contributed by atoms with van der Waals surface area (Å²) in [7, 11) is -1.39. The number of hydrogen-bond donors (Lipinski definition) is 1. The fourth-order valence-electron chi connectivity index (χ4n) is 13.3. The molecule has 0 aromatic heterocycles. The summed E-state index contributed by atoms with van der Waals surface area (Å²) in [5.41, 5.74) is 4.63. The van der Waals surface area contributed by atoms with Crippen LogP contribution in [0.2, 0.25) is 0 Å². The van der Waals surface area contributed by atoms with Crippen molar-refractivity contribution in [2.24, 2.45) is 45.3 Å². The number of carbonyl (C=O) groups excluding carboxylic acids is 1. The van der Waals surface area contributed by atoms with Crippen LogP contribution in [0, 0.1) is 45.3 Å². The van der Waals surface area contributed by atoms with Gasteiger partial charge in [-0.15, -0.1) is 0 Å². The average Bonchev–Trinajstić information content (AvgIpc) is 3.46. The van der Waals surface area contributed by atoms with Crippen molar-refractivity contribution in [2.75, 3.05) is 44.8 Å². The number of methoxy groups -OCH3 is 1. The van der Waals surface area contributed by atoms with E-state index in [0.29, 0.717) is 46.9 Å². The van der Waals surface area contributed by atoms with E-state index in [9.17, 15) is 13.2 Å². The van der Waals surface area contributed by atoms with Crippen molar-refractivity contribution in [1.82, 2.24) is 10.2 Å². The van der Waals surface area contributed by atoms with Gasteiger partial charge < -0.3 is 15.0 Å². The zero-order valence-corrected chi connectivity index (χ0v) is 30.8. The van der Waals surface area contributed by atoms with Crippen LogP contribution in [0.4, 0.5) is 0 Å². The van der Waals surface area contributed by atoms with Gasteiger partial charge in [0.1, 0.15) is 0 Å². The molecule has 1 heterocycles. The molecular formula is C40H60N2O4S. The van der Waals surface area contributed by atoms with Crippen LogP contribution >= 0.6 is 0 Å². The van der Waals surface area contributed by atoms with E-state index < -0.39 is 9.84 Å². The zero-order valence-electron chi connectivity index (χ0n) is 30.0. The predicted octanol–water partition coefficient (Wildman–Crippen LogP) is 7.39. The number of rotatable bonds is 6. The highest BCUT2D eigenvalue weighted by Gasteiger charge is 2.69.